The predicted octanol–water partition coefficient (Wildman–Crippen LogP) is 5.07. The summed E-state index contributed by atoms with van der Waals surface area (Å²) in [5.74, 6) is 0.271. The number of methoxy groups -OCH3 is 1. The van der Waals surface area contributed by atoms with Gasteiger partial charge in [0.25, 0.3) is 11.8 Å². The average molecular weight is 589 g/mol. The Labute approximate surface area is 214 Å². The van der Waals surface area contributed by atoms with Crippen molar-refractivity contribution in [3.63, 3.8) is 0 Å². The van der Waals surface area contributed by atoms with Crippen molar-refractivity contribution in [1.82, 2.24) is 10.7 Å². The van der Waals surface area contributed by atoms with Crippen molar-refractivity contribution < 1.29 is 19.1 Å². The maximum atomic E-state index is 12.4. The molecule has 7 nitrogen and oxygen atoms in total. The highest BCUT2D eigenvalue weighted by atomic mass is 79.9. The van der Waals surface area contributed by atoms with Crippen LogP contribution in [0, 0.1) is 0 Å². The summed E-state index contributed by atoms with van der Waals surface area (Å²) in [5.41, 5.74) is 4.59. The summed E-state index contributed by atoms with van der Waals surface area (Å²) in [6, 6.07) is 19.6. The maximum absolute atomic E-state index is 12.4. The summed E-state index contributed by atoms with van der Waals surface area (Å²) in [6.07, 6.45) is 1.48. The van der Waals surface area contributed by atoms with E-state index in [0.29, 0.717) is 38.2 Å². The highest BCUT2D eigenvalue weighted by molar-refractivity contribution is 9.10. The minimum absolute atomic E-state index is 0.362. The van der Waals surface area contributed by atoms with E-state index in [-0.39, 0.29) is 5.91 Å². The number of nitrogens with zero attached hydrogens (tertiary/aromatic N) is 1. The Morgan fingerprint density at radius 2 is 1.74 bits per heavy atom. The Morgan fingerprint density at radius 3 is 2.44 bits per heavy atom. The van der Waals surface area contributed by atoms with Crippen LogP contribution in [0.5, 0.6) is 11.5 Å². The van der Waals surface area contributed by atoms with Crippen molar-refractivity contribution in [2.24, 2.45) is 5.10 Å². The molecule has 3 rings (SSSR count). The van der Waals surface area contributed by atoms with Crippen molar-refractivity contribution in [2.45, 2.75) is 19.6 Å². The number of halogens is 2. The number of carbonyl (C=O) groups is 2. The Kier molecular flexibility index (Phi) is 9.24. The average Bonchev–Trinajstić information content (AvgIpc) is 2.83. The second-order valence-electron chi connectivity index (χ2n) is 7.22. The lowest BCUT2D eigenvalue weighted by Gasteiger charge is -2.14. The van der Waals surface area contributed by atoms with Crippen LogP contribution < -0.4 is 20.2 Å². The summed E-state index contributed by atoms with van der Waals surface area (Å²) < 4.78 is 12.7. The molecule has 9 heteroatoms. The normalized spacial score (nSPS) is 11.6. The fraction of sp³-hybridized carbons (Fsp3) is 0.160. The van der Waals surface area contributed by atoms with Gasteiger partial charge in [0.1, 0.15) is 12.6 Å². The van der Waals surface area contributed by atoms with Crippen LogP contribution in [-0.2, 0) is 11.4 Å². The van der Waals surface area contributed by atoms with Crippen LogP contribution in [0.4, 0.5) is 0 Å². The van der Waals surface area contributed by atoms with E-state index in [1.165, 1.54) is 6.21 Å². The van der Waals surface area contributed by atoms with E-state index in [2.05, 4.69) is 47.7 Å². The molecule has 0 saturated carbocycles. The molecule has 34 heavy (non-hydrogen) atoms. The van der Waals surface area contributed by atoms with Crippen LogP contribution in [0.15, 0.2) is 80.8 Å². The molecule has 0 spiro atoms. The second-order valence-corrected chi connectivity index (χ2v) is 8.93. The molecule has 0 heterocycles. The van der Waals surface area contributed by atoms with E-state index in [1.807, 2.05) is 30.3 Å². The first kappa shape index (κ1) is 25.5. The van der Waals surface area contributed by atoms with Crippen LogP contribution in [0.1, 0.15) is 28.4 Å². The largest absolute Gasteiger partial charge is 0.493 e. The van der Waals surface area contributed by atoms with Gasteiger partial charge in [-0.2, -0.15) is 5.10 Å². The van der Waals surface area contributed by atoms with E-state index in [4.69, 9.17) is 9.47 Å². The summed E-state index contributed by atoms with van der Waals surface area (Å²) >= 11 is 6.83. The molecule has 0 radical (unpaired) electrons. The number of amides is 2. The first-order chi connectivity index (χ1) is 16.4. The molecule has 0 fully saturated rings. The lowest BCUT2D eigenvalue weighted by molar-refractivity contribution is -0.122. The number of benzene rings is 3. The number of hydrogen-bond acceptors (Lipinski definition) is 5. The SMILES string of the molecule is COc1cc(C=NNC(=O)C(C)NC(=O)c2ccccc2Br)cc(Br)c1OCc1ccccc1. The molecule has 2 amide bonds. The molecule has 0 saturated heterocycles. The van der Waals surface area contributed by atoms with Crippen LogP contribution in [0.25, 0.3) is 0 Å². The first-order valence-electron chi connectivity index (χ1n) is 10.3. The number of nitrogens with one attached hydrogen (secondary N) is 2. The summed E-state index contributed by atoms with van der Waals surface area (Å²) in [4.78, 5) is 24.7. The standard InChI is InChI=1S/C25H23Br2N3O4/c1-16(29-25(32)19-10-6-7-11-20(19)26)24(31)30-28-14-18-12-21(27)23(22(13-18)33-2)34-15-17-8-4-3-5-9-17/h3-14,16H,15H2,1-2H3,(H,29,32)(H,30,31). The number of hydrazone groups is 1. The van der Waals surface area contributed by atoms with Gasteiger partial charge in [0.2, 0.25) is 0 Å². The lowest BCUT2D eigenvalue weighted by Crippen LogP contribution is -2.43. The van der Waals surface area contributed by atoms with Gasteiger partial charge in [-0.3, -0.25) is 9.59 Å². The quantitative estimate of drug-likeness (QED) is 0.270. The minimum Gasteiger partial charge on any atom is -0.493 e. The fourth-order valence-electron chi connectivity index (χ4n) is 2.94. The zero-order valence-corrected chi connectivity index (χ0v) is 21.7. The molecule has 3 aromatic rings. The Morgan fingerprint density at radius 1 is 1.03 bits per heavy atom. The number of carbonyl (C=O) groups excluding carboxylic acids is 2. The molecule has 3 aromatic carbocycles. The van der Waals surface area contributed by atoms with Crippen molar-refractivity contribution in [3.05, 3.63) is 92.4 Å². The van der Waals surface area contributed by atoms with Gasteiger partial charge in [-0.1, -0.05) is 42.5 Å². The minimum atomic E-state index is -0.785. The third-order valence-electron chi connectivity index (χ3n) is 4.73. The van der Waals surface area contributed by atoms with Gasteiger partial charge >= 0.3 is 0 Å². The van der Waals surface area contributed by atoms with Crippen LogP contribution in [0.2, 0.25) is 0 Å². The monoisotopic (exact) mass is 587 g/mol. The topological polar surface area (TPSA) is 89.0 Å². The molecular weight excluding hydrogens is 566 g/mol. The van der Waals surface area contributed by atoms with Crippen molar-refractivity contribution in [1.29, 1.82) is 0 Å². The van der Waals surface area contributed by atoms with E-state index >= 15 is 0 Å². The Bertz CT molecular complexity index is 1190. The Hall–Kier alpha value is -3.17. The predicted molar refractivity (Wildman–Crippen MR) is 138 cm³/mol. The molecule has 176 valence electrons. The highest BCUT2D eigenvalue weighted by Gasteiger charge is 2.17. The number of ether oxygens (including phenoxy) is 2. The molecule has 0 aliphatic heterocycles. The summed E-state index contributed by atoms with van der Waals surface area (Å²) in [5, 5.41) is 6.65. The van der Waals surface area contributed by atoms with Gasteiger partial charge in [0.15, 0.2) is 11.5 Å². The van der Waals surface area contributed by atoms with Crippen LogP contribution in [0.3, 0.4) is 0 Å². The third-order valence-corrected chi connectivity index (χ3v) is 6.01. The number of rotatable bonds is 9. The lowest BCUT2D eigenvalue weighted by atomic mass is 10.2. The molecule has 0 aliphatic rings. The van der Waals surface area contributed by atoms with E-state index in [1.54, 1.807) is 50.4 Å². The summed E-state index contributed by atoms with van der Waals surface area (Å²) in [6.45, 7) is 1.97. The van der Waals surface area contributed by atoms with Crippen molar-refractivity contribution >= 4 is 49.9 Å². The zero-order valence-electron chi connectivity index (χ0n) is 18.5. The molecule has 2 N–H and O–H groups in total. The molecular formula is C25H23Br2N3O4. The second kappa shape index (κ2) is 12.3. The first-order valence-corrected chi connectivity index (χ1v) is 11.9. The molecule has 1 unspecified atom stereocenters. The smallest absolute Gasteiger partial charge is 0.262 e. The molecule has 0 aromatic heterocycles. The van der Waals surface area contributed by atoms with Gasteiger partial charge in [0, 0.05) is 4.47 Å². The highest BCUT2D eigenvalue weighted by Crippen LogP contribution is 2.36. The molecule has 0 bridgehead atoms. The van der Waals surface area contributed by atoms with Crippen LogP contribution in [-0.4, -0.2) is 31.2 Å². The summed E-state index contributed by atoms with van der Waals surface area (Å²) in [7, 11) is 1.55. The number of hydrogen-bond donors (Lipinski definition) is 2. The van der Waals surface area contributed by atoms with Gasteiger partial charge in [-0.05, 0) is 74.2 Å². The molecule has 1 atom stereocenters. The van der Waals surface area contributed by atoms with Crippen molar-refractivity contribution in [3.8, 4) is 11.5 Å². The fourth-order valence-corrected chi connectivity index (χ4v) is 3.98. The van der Waals surface area contributed by atoms with Gasteiger partial charge in [0.05, 0.1) is 23.4 Å². The van der Waals surface area contributed by atoms with E-state index in [0.717, 1.165) is 5.56 Å². The van der Waals surface area contributed by atoms with Gasteiger partial charge in [-0.15, -0.1) is 0 Å². The third kappa shape index (κ3) is 6.91. The van der Waals surface area contributed by atoms with E-state index < -0.39 is 11.9 Å². The van der Waals surface area contributed by atoms with Crippen LogP contribution >= 0.6 is 31.9 Å². The van der Waals surface area contributed by atoms with E-state index in [9.17, 15) is 9.59 Å². The molecule has 0 aliphatic carbocycles. The maximum Gasteiger partial charge on any atom is 0.262 e. The van der Waals surface area contributed by atoms with Gasteiger partial charge < -0.3 is 14.8 Å². The van der Waals surface area contributed by atoms with Gasteiger partial charge in [-0.25, -0.2) is 5.43 Å². The van der Waals surface area contributed by atoms with Crippen molar-refractivity contribution in [2.75, 3.05) is 7.11 Å². The Balaban J connectivity index is 1.60. The zero-order chi connectivity index (χ0) is 24.5.